The Bertz CT molecular complexity index is 5700. The number of phenols is 4. The zero-order valence-electron chi connectivity index (χ0n) is 68.2. The molecule has 4 aromatic heterocycles. The fourth-order valence-corrected chi connectivity index (χ4v) is 14.4. The van der Waals surface area contributed by atoms with Crippen molar-refractivity contribution in [2.75, 3.05) is 57.8 Å². The first-order chi connectivity index (χ1) is 59.6. The van der Waals surface area contributed by atoms with Gasteiger partial charge in [0.25, 0.3) is 17.7 Å². The number of alkyl halides is 4. The van der Waals surface area contributed by atoms with Crippen LogP contribution in [0.1, 0.15) is 150 Å². The van der Waals surface area contributed by atoms with Crippen LogP contribution >= 0.6 is 0 Å². The highest BCUT2D eigenvalue weighted by Crippen LogP contribution is 2.45. The van der Waals surface area contributed by atoms with Gasteiger partial charge in [-0.2, -0.15) is 27.5 Å². The Morgan fingerprint density at radius 1 is 0.544 bits per heavy atom. The van der Waals surface area contributed by atoms with Gasteiger partial charge in [-0.25, -0.2) is 14.4 Å². The molecular formula is C85H91F4N15O21. The Hall–Kier alpha value is -13.4. The van der Waals surface area contributed by atoms with Crippen LogP contribution in [0.4, 0.5) is 23.4 Å². The van der Waals surface area contributed by atoms with Crippen molar-refractivity contribution in [2.24, 2.45) is 11.8 Å². The SMILES string of the molecule is CCNC(=O)c1nnc(-c2cc(C(C)C)c(O)cc2O)n1-c1ccc(Oc2ccc(C(=O)N3CCC(C(=O)Cc4ccn([C@@H]5OC(CO)[C@@H](O)C5(F)F)c(=O)n4)CC3)cc2)cc1.CCNC(=O)c1nnc(-c2cc(C(C)C)c(O)cc2O)n1-c1ccc(Oc2ccc(C(=O)O)cc2)cc1.O=C(Nc1ccn([C@@H]2O[C@H](CO)[C@@H](O)C2(F)F)c(=O)n1)C1CCNCC1. The highest BCUT2D eigenvalue weighted by molar-refractivity contribution is 5.96. The van der Waals surface area contributed by atoms with E-state index in [0.717, 1.165) is 25.5 Å². The molecular weight excluding hydrogens is 1640 g/mol. The third-order valence-electron chi connectivity index (χ3n) is 21.2. The van der Waals surface area contributed by atoms with E-state index >= 15 is 0 Å². The highest BCUT2D eigenvalue weighted by atomic mass is 19.3. The number of carboxylic acids is 1. The first kappa shape index (κ1) is 90.8. The molecule has 6 aromatic carbocycles. The van der Waals surface area contributed by atoms with Gasteiger partial charge in [-0.15, -0.1) is 20.4 Å². The number of ketones is 1. The van der Waals surface area contributed by atoms with Crippen LogP contribution in [0.5, 0.6) is 46.0 Å². The number of hydrogen-bond donors (Lipinski definition) is 13. The van der Waals surface area contributed by atoms with E-state index in [-0.39, 0.29) is 111 Å². The summed E-state index contributed by atoms with van der Waals surface area (Å²) in [5.41, 5.74) is 1.28. The Labute approximate surface area is 709 Å². The van der Waals surface area contributed by atoms with E-state index in [2.05, 4.69) is 51.6 Å². The smallest absolute Gasteiger partial charge is 0.351 e. The van der Waals surface area contributed by atoms with E-state index in [0.29, 0.717) is 118 Å². The lowest BCUT2D eigenvalue weighted by Gasteiger charge is -2.31. The molecule has 4 saturated heterocycles. The Morgan fingerprint density at radius 2 is 0.960 bits per heavy atom. The number of likely N-dealkylation sites (tertiary alicyclic amines) is 1. The molecule has 40 heteroatoms. The molecule has 4 amide bonds. The molecule has 13 N–H and O–H groups in total. The average molecular weight is 1730 g/mol. The summed E-state index contributed by atoms with van der Waals surface area (Å²) >= 11 is 0. The number of aliphatic hydroxyl groups is 4. The van der Waals surface area contributed by atoms with Crippen LogP contribution in [-0.2, 0) is 25.5 Å². The molecule has 36 nitrogen and oxygen atoms in total. The molecule has 1 unspecified atom stereocenters. The molecule has 14 rings (SSSR count). The molecule has 4 fully saturated rings. The van der Waals surface area contributed by atoms with Crippen LogP contribution < -0.4 is 42.1 Å². The maximum absolute atomic E-state index is 14.5. The van der Waals surface area contributed by atoms with Gasteiger partial charge in [-0.1, -0.05) is 27.7 Å². The summed E-state index contributed by atoms with van der Waals surface area (Å²) in [6, 6.07) is 34.3. The normalized spacial score (nSPS) is 18.6. The quantitative estimate of drug-likeness (QED) is 0.0242. The monoisotopic (exact) mass is 1730 g/mol. The number of phenolic OH excluding ortho intramolecular Hbond substituents is 4. The number of nitrogens with one attached hydrogen (secondary N) is 4. The number of carbonyl (C=O) groups is 6. The van der Waals surface area contributed by atoms with E-state index in [1.807, 2.05) is 27.7 Å². The van der Waals surface area contributed by atoms with Gasteiger partial charge in [0.05, 0.1) is 35.6 Å². The van der Waals surface area contributed by atoms with E-state index in [4.69, 9.17) is 29.2 Å². The number of halogens is 4. The lowest BCUT2D eigenvalue weighted by atomic mass is 9.90. The van der Waals surface area contributed by atoms with Crippen molar-refractivity contribution >= 4 is 41.2 Å². The van der Waals surface area contributed by atoms with Gasteiger partial charge >= 0.3 is 29.2 Å². The zero-order chi connectivity index (χ0) is 90.0. The van der Waals surface area contributed by atoms with Gasteiger partial charge in [0.1, 0.15) is 69.8 Å². The van der Waals surface area contributed by atoms with Crippen LogP contribution in [-0.4, -0.2) is 224 Å². The van der Waals surface area contributed by atoms with Gasteiger partial charge in [-0.3, -0.25) is 42.2 Å². The second kappa shape index (κ2) is 39.0. The van der Waals surface area contributed by atoms with E-state index < -0.39 is 97.0 Å². The Kier molecular flexibility index (Phi) is 28.3. The van der Waals surface area contributed by atoms with Gasteiger partial charge in [-0.05, 0) is 197 Å². The summed E-state index contributed by atoms with van der Waals surface area (Å²) in [5.74, 6) is -9.39. The summed E-state index contributed by atoms with van der Waals surface area (Å²) in [6.45, 7) is 12.3. The van der Waals surface area contributed by atoms with Gasteiger partial charge in [0.15, 0.2) is 23.9 Å². The molecule has 0 aliphatic carbocycles. The number of amides is 4. The number of aliphatic hydroxyl groups excluding tert-OH is 4. The number of aromatic nitrogens is 10. The van der Waals surface area contributed by atoms with Crippen molar-refractivity contribution in [2.45, 2.75) is 134 Å². The summed E-state index contributed by atoms with van der Waals surface area (Å²) in [6.07, 6.45) is -8.04. The van der Waals surface area contributed by atoms with Crippen LogP contribution in [0.25, 0.3) is 34.2 Å². The maximum atomic E-state index is 14.5. The average Bonchev–Trinajstić information content (AvgIpc) is 1.63. The predicted octanol–water partition coefficient (Wildman–Crippen LogP) is 7.89. The van der Waals surface area contributed by atoms with E-state index in [1.54, 1.807) is 116 Å². The number of ether oxygens (including phenoxy) is 4. The summed E-state index contributed by atoms with van der Waals surface area (Å²) in [7, 11) is 0. The standard InChI is InChI=1S/C43H45F2N7O10.C27H26N4O6.C15H20F2N4O5/c1-4-46-39(58)38-49-48-37(31-20-30(23(2)3)33(55)21-34(31)56)52(38)27-7-11-29(12-8-27)61-28-9-5-25(6-10-28)40(59)50-16-13-24(14-17-50)32(54)19-26-15-18-51(42(60)47-26)41-43(44,45)36(57)35(22-53)62-41;1-4-28-26(34)25-30-29-24(21-13-20(15(2)3)22(32)14-23(21)33)31(25)17-7-11-19(12-8-17)37-18-9-5-16(6-10-18)27(35)36;16-15(17)11(23)9(7-22)26-13(15)21-6-3-10(20-14(21)25)19-12(24)8-1-4-18-5-2-8/h5-12,15,18,20-21,23-24,35-36,41,53,55-57H,4,13-14,16-17,19,22H2,1-3H3,(H,46,58);5-15,32-33H,4H2,1-3H3,(H,28,34)(H,35,36);3,6,8-9,11,13,18,22-23H,1-2,4-5,7H2,(H,19,20,24,25)/t35?,36-,41-;;9-,11-,13-/m1.1/s1. The lowest BCUT2D eigenvalue weighted by Crippen LogP contribution is -2.42. The minimum absolute atomic E-state index is 0.0159. The highest BCUT2D eigenvalue weighted by Gasteiger charge is 2.61. The third-order valence-corrected chi connectivity index (χ3v) is 21.2. The van der Waals surface area contributed by atoms with Crippen LogP contribution in [0.15, 0.2) is 155 Å². The molecule has 4 aliphatic rings. The van der Waals surface area contributed by atoms with Crippen molar-refractivity contribution in [3.63, 3.8) is 0 Å². The number of rotatable bonds is 25. The second-order valence-corrected chi connectivity index (χ2v) is 30.3. The van der Waals surface area contributed by atoms with Crippen molar-refractivity contribution in [1.29, 1.82) is 0 Å². The molecule has 0 bridgehead atoms. The van der Waals surface area contributed by atoms with Crippen LogP contribution in [0, 0.1) is 11.8 Å². The molecule has 8 heterocycles. The predicted molar refractivity (Wildman–Crippen MR) is 437 cm³/mol. The number of nitrogens with zero attached hydrogens (tertiary/aromatic N) is 11. The van der Waals surface area contributed by atoms with Gasteiger partial charge < -0.3 is 91.1 Å². The number of piperidine rings is 2. The van der Waals surface area contributed by atoms with E-state index in [1.165, 1.54) is 45.5 Å². The number of anilines is 1. The number of carboxylic acid groups (broad SMARTS) is 1. The Morgan fingerprint density at radius 3 is 1.35 bits per heavy atom. The molecule has 125 heavy (non-hydrogen) atoms. The molecule has 0 radical (unpaired) electrons. The summed E-state index contributed by atoms with van der Waals surface area (Å²) < 4.78 is 83.2. The third kappa shape index (κ3) is 20.1. The molecule has 4 aliphatic heterocycles. The largest absolute Gasteiger partial charge is 0.508 e. The van der Waals surface area contributed by atoms with E-state index in [9.17, 15) is 91.7 Å². The molecule has 0 saturated carbocycles. The van der Waals surface area contributed by atoms with Crippen LogP contribution in [0.3, 0.4) is 0 Å². The van der Waals surface area contributed by atoms with Crippen molar-refractivity contribution < 1.29 is 111 Å². The Balaban J connectivity index is 0.000000190. The number of carbonyl (C=O) groups excluding carboxylic acids is 5. The minimum atomic E-state index is -3.86. The number of hydrogen-bond acceptors (Lipinski definition) is 27. The van der Waals surface area contributed by atoms with Gasteiger partial charge in [0, 0.05) is 85.9 Å². The second-order valence-electron chi connectivity index (χ2n) is 30.3. The van der Waals surface area contributed by atoms with Crippen molar-refractivity contribution in [3.8, 4) is 80.1 Å². The van der Waals surface area contributed by atoms with Crippen molar-refractivity contribution in [1.82, 2.24) is 69.5 Å². The summed E-state index contributed by atoms with van der Waals surface area (Å²) in [4.78, 5) is 109. The summed E-state index contributed by atoms with van der Waals surface area (Å²) in [5, 5.41) is 116. The minimum Gasteiger partial charge on any atom is -0.508 e. The van der Waals surface area contributed by atoms with Crippen molar-refractivity contribution in [3.05, 3.63) is 206 Å². The number of aromatic carboxylic acids is 1. The number of Topliss-reactive ketones (excluding diaryl/α,β-unsaturated/α-hetero) is 1. The first-order valence-corrected chi connectivity index (χ1v) is 39.9. The molecule has 10 aromatic rings. The van der Waals surface area contributed by atoms with Gasteiger partial charge in [0.2, 0.25) is 30.0 Å². The van der Waals surface area contributed by atoms with Crippen LogP contribution in [0.2, 0.25) is 0 Å². The molecule has 660 valence electrons. The fraction of sp³-hybridized carbons (Fsp3) is 0.365. The zero-order valence-corrected chi connectivity index (χ0v) is 68.2. The number of aromatic hydroxyl groups is 4. The number of benzene rings is 6. The first-order valence-electron chi connectivity index (χ1n) is 39.9. The topological polar surface area (TPSA) is 504 Å². The maximum Gasteiger partial charge on any atom is 0.351 e. The molecule has 0 spiro atoms. The fourth-order valence-electron chi connectivity index (χ4n) is 14.4. The molecule has 6 atom stereocenters. The lowest BCUT2D eigenvalue weighted by molar-refractivity contribution is -0.141.